The lowest BCUT2D eigenvalue weighted by Crippen LogP contribution is -2.31. The van der Waals surface area contributed by atoms with Crippen LogP contribution in [0.5, 0.6) is 0 Å². The van der Waals surface area contributed by atoms with Crippen molar-refractivity contribution in [3.8, 4) is 0 Å². The Balaban J connectivity index is 1.85. The summed E-state index contributed by atoms with van der Waals surface area (Å²) in [5.74, 6) is -0.107. The van der Waals surface area contributed by atoms with E-state index in [1.54, 1.807) is 11.1 Å². The van der Waals surface area contributed by atoms with Crippen LogP contribution < -0.4 is 10.2 Å². The number of carbonyl (C=O) groups excluding carboxylic acids is 1. The molecule has 2 aromatic carbocycles. The van der Waals surface area contributed by atoms with Gasteiger partial charge < -0.3 is 10.2 Å². The summed E-state index contributed by atoms with van der Waals surface area (Å²) >= 11 is 0. The van der Waals surface area contributed by atoms with Crippen molar-refractivity contribution in [2.45, 2.75) is 26.3 Å². The number of hydrogen-bond donors (Lipinski definition) is 1. The van der Waals surface area contributed by atoms with Crippen LogP contribution in [0, 0.1) is 0 Å². The molecule has 0 aliphatic heterocycles. The van der Waals surface area contributed by atoms with Crippen molar-refractivity contribution >= 4 is 17.3 Å². The standard InChI is InChI=1S/C23H25N3O/c1-2-3-15-24-20-14-16-25-22(17-20)23(27)26(21-12-8-5-9-13-21)18-19-10-6-4-7-11-19/h4-14,16-17H,2-3,15,18H2,1H3,(H,24,25). The number of amides is 1. The van der Waals surface area contributed by atoms with Crippen molar-refractivity contribution in [3.63, 3.8) is 0 Å². The molecule has 0 spiro atoms. The molecule has 1 N–H and O–H groups in total. The molecule has 4 heteroatoms. The molecule has 1 aromatic heterocycles. The second kappa shape index (κ2) is 9.53. The average Bonchev–Trinajstić information content (AvgIpc) is 2.73. The molecule has 0 atom stereocenters. The molecule has 0 fully saturated rings. The first-order chi connectivity index (χ1) is 13.3. The van der Waals surface area contributed by atoms with E-state index in [0.717, 1.165) is 36.3 Å². The minimum Gasteiger partial charge on any atom is -0.385 e. The van der Waals surface area contributed by atoms with E-state index < -0.39 is 0 Å². The maximum Gasteiger partial charge on any atom is 0.277 e. The summed E-state index contributed by atoms with van der Waals surface area (Å²) in [6.07, 6.45) is 3.91. The summed E-state index contributed by atoms with van der Waals surface area (Å²) < 4.78 is 0. The van der Waals surface area contributed by atoms with Crippen molar-refractivity contribution in [3.05, 3.63) is 90.3 Å². The Morgan fingerprint density at radius 2 is 1.70 bits per heavy atom. The fraction of sp³-hybridized carbons (Fsp3) is 0.217. The topological polar surface area (TPSA) is 45.2 Å². The molecule has 4 nitrogen and oxygen atoms in total. The van der Waals surface area contributed by atoms with Crippen LogP contribution in [-0.4, -0.2) is 17.4 Å². The number of benzene rings is 2. The first-order valence-corrected chi connectivity index (χ1v) is 9.38. The molecular weight excluding hydrogens is 334 g/mol. The number of hydrogen-bond acceptors (Lipinski definition) is 3. The number of rotatable bonds is 8. The van der Waals surface area contributed by atoms with Gasteiger partial charge in [0.25, 0.3) is 5.91 Å². The minimum atomic E-state index is -0.107. The fourth-order valence-corrected chi connectivity index (χ4v) is 2.86. The van der Waals surface area contributed by atoms with Crippen LogP contribution in [-0.2, 0) is 6.54 Å². The maximum atomic E-state index is 13.3. The molecule has 0 bridgehead atoms. The van der Waals surface area contributed by atoms with E-state index in [1.807, 2.05) is 72.8 Å². The lowest BCUT2D eigenvalue weighted by molar-refractivity contribution is 0.0980. The van der Waals surface area contributed by atoms with Gasteiger partial charge in [0.1, 0.15) is 5.69 Å². The number of nitrogens with zero attached hydrogens (tertiary/aromatic N) is 2. The second-order valence-corrected chi connectivity index (χ2v) is 6.42. The molecule has 0 saturated carbocycles. The predicted molar refractivity (Wildman–Crippen MR) is 111 cm³/mol. The molecule has 0 unspecified atom stereocenters. The predicted octanol–water partition coefficient (Wildman–Crippen LogP) is 5.14. The van der Waals surface area contributed by atoms with E-state index >= 15 is 0 Å². The molecule has 138 valence electrons. The molecular formula is C23H25N3O. The van der Waals surface area contributed by atoms with Gasteiger partial charge in [-0.3, -0.25) is 9.78 Å². The van der Waals surface area contributed by atoms with Crippen molar-refractivity contribution < 1.29 is 4.79 Å². The van der Waals surface area contributed by atoms with E-state index in [9.17, 15) is 4.79 Å². The Kier molecular flexibility index (Phi) is 6.58. The van der Waals surface area contributed by atoms with Crippen molar-refractivity contribution in [2.24, 2.45) is 0 Å². The Hall–Kier alpha value is -3.14. The first-order valence-electron chi connectivity index (χ1n) is 9.38. The zero-order chi connectivity index (χ0) is 18.9. The lowest BCUT2D eigenvalue weighted by Gasteiger charge is -2.23. The van der Waals surface area contributed by atoms with Gasteiger partial charge >= 0.3 is 0 Å². The summed E-state index contributed by atoms with van der Waals surface area (Å²) in [5, 5.41) is 3.36. The van der Waals surface area contributed by atoms with Gasteiger partial charge in [-0.15, -0.1) is 0 Å². The van der Waals surface area contributed by atoms with Gasteiger partial charge in [0.2, 0.25) is 0 Å². The Morgan fingerprint density at radius 3 is 2.41 bits per heavy atom. The lowest BCUT2D eigenvalue weighted by atomic mass is 10.1. The SMILES string of the molecule is CCCCNc1ccnc(C(=O)N(Cc2ccccc2)c2ccccc2)c1. The van der Waals surface area contributed by atoms with E-state index in [0.29, 0.717) is 12.2 Å². The zero-order valence-electron chi connectivity index (χ0n) is 15.6. The number of carbonyl (C=O) groups is 1. The highest BCUT2D eigenvalue weighted by molar-refractivity contribution is 6.05. The van der Waals surface area contributed by atoms with E-state index in [4.69, 9.17) is 0 Å². The number of nitrogens with one attached hydrogen (secondary N) is 1. The second-order valence-electron chi connectivity index (χ2n) is 6.42. The minimum absolute atomic E-state index is 0.107. The third-order valence-corrected chi connectivity index (χ3v) is 4.34. The average molecular weight is 359 g/mol. The Morgan fingerprint density at radius 1 is 1.00 bits per heavy atom. The van der Waals surface area contributed by atoms with Crippen molar-refractivity contribution in [1.29, 1.82) is 0 Å². The highest BCUT2D eigenvalue weighted by Crippen LogP contribution is 2.20. The fourth-order valence-electron chi connectivity index (χ4n) is 2.86. The molecule has 0 radical (unpaired) electrons. The highest BCUT2D eigenvalue weighted by Gasteiger charge is 2.19. The molecule has 0 saturated heterocycles. The highest BCUT2D eigenvalue weighted by atomic mass is 16.2. The smallest absolute Gasteiger partial charge is 0.277 e. The van der Waals surface area contributed by atoms with E-state index in [1.165, 1.54) is 0 Å². The van der Waals surface area contributed by atoms with Crippen LogP contribution in [0.3, 0.4) is 0 Å². The quantitative estimate of drug-likeness (QED) is 0.566. The Labute approximate surface area is 160 Å². The van der Waals surface area contributed by atoms with Gasteiger partial charge in [0, 0.05) is 24.1 Å². The first kappa shape index (κ1) is 18.6. The van der Waals surface area contributed by atoms with E-state index in [2.05, 4.69) is 17.2 Å². The third-order valence-electron chi connectivity index (χ3n) is 4.34. The number of pyridine rings is 1. The largest absolute Gasteiger partial charge is 0.385 e. The maximum absolute atomic E-state index is 13.3. The van der Waals surface area contributed by atoms with Crippen molar-refractivity contribution in [1.82, 2.24) is 4.98 Å². The summed E-state index contributed by atoms with van der Waals surface area (Å²) in [7, 11) is 0. The number of para-hydroxylation sites is 1. The van der Waals surface area contributed by atoms with Gasteiger partial charge in [0.15, 0.2) is 0 Å². The van der Waals surface area contributed by atoms with Crippen LogP contribution in [0.2, 0.25) is 0 Å². The number of aromatic nitrogens is 1. The third kappa shape index (κ3) is 5.17. The molecule has 3 aromatic rings. The van der Waals surface area contributed by atoms with Crippen LogP contribution in [0.1, 0.15) is 35.8 Å². The summed E-state index contributed by atoms with van der Waals surface area (Å²) in [6, 6.07) is 23.5. The number of unbranched alkanes of at least 4 members (excludes halogenated alkanes) is 1. The molecule has 1 amide bonds. The molecule has 0 aliphatic carbocycles. The van der Waals surface area contributed by atoms with Gasteiger partial charge in [-0.1, -0.05) is 61.9 Å². The summed E-state index contributed by atoms with van der Waals surface area (Å²) in [4.78, 5) is 19.4. The van der Waals surface area contributed by atoms with Gasteiger partial charge in [0.05, 0.1) is 6.54 Å². The normalized spacial score (nSPS) is 10.4. The van der Waals surface area contributed by atoms with Crippen LogP contribution in [0.4, 0.5) is 11.4 Å². The van der Waals surface area contributed by atoms with Crippen molar-refractivity contribution in [2.75, 3.05) is 16.8 Å². The zero-order valence-corrected chi connectivity index (χ0v) is 15.6. The summed E-state index contributed by atoms with van der Waals surface area (Å²) in [6.45, 7) is 3.55. The number of anilines is 2. The van der Waals surface area contributed by atoms with Gasteiger partial charge in [-0.25, -0.2) is 0 Å². The summed E-state index contributed by atoms with van der Waals surface area (Å²) in [5.41, 5.74) is 3.30. The molecule has 1 heterocycles. The molecule has 3 rings (SSSR count). The molecule has 27 heavy (non-hydrogen) atoms. The monoisotopic (exact) mass is 359 g/mol. The van der Waals surface area contributed by atoms with Crippen LogP contribution in [0.15, 0.2) is 79.0 Å². The Bertz CT molecular complexity index is 850. The van der Waals surface area contributed by atoms with Gasteiger partial charge in [-0.2, -0.15) is 0 Å². The van der Waals surface area contributed by atoms with Gasteiger partial charge in [-0.05, 0) is 36.2 Å². The van der Waals surface area contributed by atoms with Crippen LogP contribution in [0.25, 0.3) is 0 Å². The molecule has 0 aliphatic rings. The van der Waals surface area contributed by atoms with Crippen LogP contribution >= 0.6 is 0 Å². The van der Waals surface area contributed by atoms with E-state index in [-0.39, 0.29) is 5.91 Å².